The van der Waals surface area contributed by atoms with Crippen molar-refractivity contribution in [3.05, 3.63) is 0 Å². The molecule has 3 nitrogen and oxygen atoms in total. The molecule has 15 heavy (non-hydrogen) atoms. The monoisotopic (exact) mass is 212 g/mol. The molecule has 1 rings (SSSR count). The van der Waals surface area contributed by atoms with E-state index in [9.17, 15) is 4.79 Å². The van der Waals surface area contributed by atoms with Crippen molar-refractivity contribution in [3.63, 3.8) is 0 Å². The number of hydrogen-bond donors (Lipinski definition) is 1. The number of rotatable bonds is 5. The second-order valence-electron chi connectivity index (χ2n) is 5.28. The first-order chi connectivity index (χ1) is 6.93. The minimum Gasteiger partial charge on any atom is -0.345 e. The van der Waals surface area contributed by atoms with Crippen molar-refractivity contribution in [2.75, 3.05) is 13.6 Å². The van der Waals surface area contributed by atoms with Crippen LogP contribution >= 0.6 is 0 Å². The van der Waals surface area contributed by atoms with Gasteiger partial charge < -0.3 is 10.6 Å². The number of amides is 1. The lowest BCUT2D eigenvalue weighted by molar-refractivity contribution is -0.131. The molecule has 1 fully saturated rings. The SMILES string of the molecule is CC(C)[C@H](N)CCN(C)C(=O)[C@@H]1C[C@@H]1C. The fraction of sp³-hybridized carbons (Fsp3) is 0.917. The number of nitrogens with two attached hydrogens (primary N) is 1. The summed E-state index contributed by atoms with van der Waals surface area (Å²) in [7, 11) is 1.89. The highest BCUT2D eigenvalue weighted by molar-refractivity contribution is 5.81. The molecule has 3 heteroatoms. The van der Waals surface area contributed by atoms with Gasteiger partial charge in [0.1, 0.15) is 0 Å². The van der Waals surface area contributed by atoms with Gasteiger partial charge in [-0.2, -0.15) is 0 Å². The highest BCUT2D eigenvalue weighted by Gasteiger charge is 2.40. The topological polar surface area (TPSA) is 46.3 Å². The standard InChI is InChI=1S/C12H24N2O/c1-8(2)11(13)5-6-14(4)12(15)10-7-9(10)3/h8-11H,5-7,13H2,1-4H3/t9-,10+,11+/m0/s1. The van der Waals surface area contributed by atoms with Gasteiger partial charge in [0.15, 0.2) is 0 Å². The Morgan fingerprint density at radius 3 is 2.47 bits per heavy atom. The first kappa shape index (κ1) is 12.5. The van der Waals surface area contributed by atoms with Crippen LogP contribution < -0.4 is 5.73 Å². The molecule has 0 unspecified atom stereocenters. The number of nitrogens with zero attached hydrogens (tertiary/aromatic N) is 1. The third-order valence-electron chi connectivity index (χ3n) is 3.46. The van der Waals surface area contributed by atoms with Crippen molar-refractivity contribution in [1.29, 1.82) is 0 Å². The molecule has 0 bridgehead atoms. The third kappa shape index (κ3) is 3.49. The van der Waals surface area contributed by atoms with Crippen LogP contribution in [0.5, 0.6) is 0 Å². The Hall–Kier alpha value is -0.570. The van der Waals surface area contributed by atoms with Crippen LogP contribution in [0.2, 0.25) is 0 Å². The van der Waals surface area contributed by atoms with Crippen LogP contribution in [0.25, 0.3) is 0 Å². The summed E-state index contributed by atoms with van der Waals surface area (Å²) in [5, 5.41) is 0. The number of hydrogen-bond acceptors (Lipinski definition) is 2. The Bertz CT molecular complexity index is 228. The summed E-state index contributed by atoms with van der Waals surface area (Å²) in [6.45, 7) is 7.17. The van der Waals surface area contributed by atoms with Gasteiger partial charge in [-0.15, -0.1) is 0 Å². The average molecular weight is 212 g/mol. The zero-order chi connectivity index (χ0) is 11.6. The lowest BCUT2D eigenvalue weighted by Crippen LogP contribution is -2.35. The summed E-state index contributed by atoms with van der Waals surface area (Å²) in [5.74, 6) is 1.69. The van der Waals surface area contributed by atoms with Crippen LogP contribution in [0.15, 0.2) is 0 Å². The molecular formula is C12H24N2O. The minimum absolute atomic E-state index is 0.205. The molecule has 0 aromatic rings. The Morgan fingerprint density at radius 1 is 1.53 bits per heavy atom. The second-order valence-corrected chi connectivity index (χ2v) is 5.28. The molecule has 3 atom stereocenters. The van der Waals surface area contributed by atoms with Crippen molar-refractivity contribution in [1.82, 2.24) is 4.90 Å². The largest absolute Gasteiger partial charge is 0.345 e. The second kappa shape index (κ2) is 4.97. The van der Waals surface area contributed by atoms with Crippen LogP contribution in [0.3, 0.4) is 0 Å². The van der Waals surface area contributed by atoms with E-state index < -0.39 is 0 Å². The van der Waals surface area contributed by atoms with Gasteiger partial charge in [0.05, 0.1) is 0 Å². The molecule has 0 saturated heterocycles. The summed E-state index contributed by atoms with van der Waals surface area (Å²) in [5.41, 5.74) is 5.95. The molecule has 1 aliphatic rings. The lowest BCUT2D eigenvalue weighted by atomic mass is 10.0. The van der Waals surface area contributed by atoms with Crippen LogP contribution in [-0.2, 0) is 4.79 Å². The van der Waals surface area contributed by atoms with Crippen LogP contribution in [0.1, 0.15) is 33.6 Å². The van der Waals surface area contributed by atoms with Crippen molar-refractivity contribution >= 4 is 5.91 Å². The quantitative estimate of drug-likeness (QED) is 0.750. The van der Waals surface area contributed by atoms with Gasteiger partial charge in [-0.3, -0.25) is 4.79 Å². The fourth-order valence-electron chi connectivity index (χ4n) is 1.74. The van der Waals surface area contributed by atoms with Gasteiger partial charge in [0, 0.05) is 25.6 Å². The van der Waals surface area contributed by atoms with Crippen molar-refractivity contribution < 1.29 is 4.79 Å². The smallest absolute Gasteiger partial charge is 0.225 e. The van der Waals surface area contributed by atoms with Gasteiger partial charge >= 0.3 is 0 Å². The molecule has 0 heterocycles. The Labute approximate surface area is 93.0 Å². The predicted octanol–water partition coefficient (Wildman–Crippen LogP) is 1.47. The fourth-order valence-corrected chi connectivity index (χ4v) is 1.74. The average Bonchev–Trinajstić information content (AvgIpc) is 2.89. The predicted molar refractivity (Wildman–Crippen MR) is 62.3 cm³/mol. The van der Waals surface area contributed by atoms with Crippen molar-refractivity contribution in [2.45, 2.75) is 39.7 Å². The normalized spacial score (nSPS) is 26.5. The summed E-state index contributed by atoms with van der Waals surface area (Å²) >= 11 is 0. The number of carbonyl (C=O) groups is 1. The maximum atomic E-state index is 11.8. The van der Waals surface area contributed by atoms with E-state index in [-0.39, 0.29) is 6.04 Å². The molecule has 1 aliphatic carbocycles. The van der Waals surface area contributed by atoms with Gasteiger partial charge in [-0.1, -0.05) is 20.8 Å². The summed E-state index contributed by atoms with van der Waals surface area (Å²) in [4.78, 5) is 13.6. The third-order valence-corrected chi connectivity index (χ3v) is 3.46. The van der Waals surface area contributed by atoms with Gasteiger partial charge in [-0.05, 0) is 24.7 Å². The first-order valence-electron chi connectivity index (χ1n) is 5.94. The first-order valence-corrected chi connectivity index (χ1v) is 5.94. The molecule has 1 amide bonds. The highest BCUT2D eigenvalue weighted by atomic mass is 16.2. The molecule has 88 valence electrons. The van der Waals surface area contributed by atoms with E-state index in [1.165, 1.54) is 0 Å². The maximum absolute atomic E-state index is 11.8. The molecule has 0 spiro atoms. The molecule has 1 saturated carbocycles. The lowest BCUT2D eigenvalue weighted by Gasteiger charge is -2.21. The van der Waals surface area contributed by atoms with Crippen LogP contribution in [-0.4, -0.2) is 30.4 Å². The summed E-state index contributed by atoms with van der Waals surface area (Å²) in [6.07, 6.45) is 1.97. The van der Waals surface area contributed by atoms with Gasteiger partial charge in [-0.25, -0.2) is 0 Å². The van der Waals surface area contributed by atoms with Gasteiger partial charge in [0.25, 0.3) is 0 Å². The molecule has 0 radical (unpaired) electrons. The van der Waals surface area contributed by atoms with Crippen molar-refractivity contribution in [2.24, 2.45) is 23.5 Å². The molecule has 0 aliphatic heterocycles. The van der Waals surface area contributed by atoms with Gasteiger partial charge in [0.2, 0.25) is 5.91 Å². The summed E-state index contributed by atoms with van der Waals surface area (Å²) in [6, 6.07) is 0.205. The minimum atomic E-state index is 0.205. The molecule has 2 N–H and O–H groups in total. The van der Waals surface area contributed by atoms with E-state index in [4.69, 9.17) is 5.73 Å². The van der Waals surface area contributed by atoms with Crippen LogP contribution in [0.4, 0.5) is 0 Å². The zero-order valence-corrected chi connectivity index (χ0v) is 10.4. The molecular weight excluding hydrogens is 188 g/mol. The highest BCUT2D eigenvalue weighted by Crippen LogP contribution is 2.38. The molecule has 0 aromatic heterocycles. The van der Waals surface area contributed by atoms with Crippen molar-refractivity contribution in [3.8, 4) is 0 Å². The maximum Gasteiger partial charge on any atom is 0.225 e. The van der Waals surface area contributed by atoms with E-state index in [1.54, 1.807) is 0 Å². The van der Waals surface area contributed by atoms with E-state index in [2.05, 4.69) is 20.8 Å². The molecule has 0 aromatic carbocycles. The zero-order valence-electron chi connectivity index (χ0n) is 10.4. The Balaban J connectivity index is 2.23. The summed E-state index contributed by atoms with van der Waals surface area (Å²) < 4.78 is 0. The van der Waals surface area contributed by atoms with E-state index in [0.717, 1.165) is 19.4 Å². The van der Waals surface area contributed by atoms with E-state index >= 15 is 0 Å². The van der Waals surface area contributed by atoms with E-state index in [1.807, 2.05) is 11.9 Å². The Morgan fingerprint density at radius 2 is 2.07 bits per heavy atom. The number of carbonyl (C=O) groups excluding carboxylic acids is 1. The van der Waals surface area contributed by atoms with E-state index in [0.29, 0.717) is 23.7 Å². The Kier molecular flexibility index (Phi) is 4.14. The van der Waals surface area contributed by atoms with Crippen LogP contribution in [0, 0.1) is 17.8 Å².